The Hall–Kier alpha value is -2.68. The van der Waals surface area contributed by atoms with Crippen LogP contribution in [0.1, 0.15) is 43.9 Å². The maximum Gasteiger partial charge on any atom is 0.248 e. The van der Waals surface area contributed by atoms with Crippen molar-refractivity contribution in [3.05, 3.63) is 74.9 Å². The Labute approximate surface area is 212 Å². The zero-order valence-corrected chi connectivity index (χ0v) is 21.2. The first-order chi connectivity index (χ1) is 16.4. The highest BCUT2D eigenvalue weighted by atomic mass is 35.5. The predicted molar refractivity (Wildman–Crippen MR) is 137 cm³/mol. The molecule has 34 heavy (non-hydrogen) atoms. The minimum Gasteiger partial charge on any atom is -0.489 e. The van der Waals surface area contributed by atoms with Crippen molar-refractivity contribution in [2.75, 3.05) is 11.1 Å². The molecule has 3 N–H and O–H groups in total. The molecule has 1 amide bonds. The Morgan fingerprint density at radius 1 is 1.26 bits per heavy atom. The molecule has 1 aromatic heterocycles. The van der Waals surface area contributed by atoms with Crippen molar-refractivity contribution in [3.8, 4) is 5.75 Å². The quantitative estimate of drug-likeness (QED) is 0.273. The number of aromatic nitrogens is 3. The molecule has 0 fully saturated rings. The molecule has 3 aromatic rings. The molecule has 0 spiro atoms. The molecule has 7 nitrogen and oxygen atoms in total. The molecule has 0 saturated heterocycles. The van der Waals surface area contributed by atoms with E-state index in [4.69, 9.17) is 33.7 Å². The van der Waals surface area contributed by atoms with Gasteiger partial charge in [0.1, 0.15) is 18.4 Å². The van der Waals surface area contributed by atoms with Gasteiger partial charge in [0.2, 0.25) is 17.0 Å². The van der Waals surface area contributed by atoms with Crippen LogP contribution in [-0.4, -0.2) is 26.4 Å². The minimum atomic E-state index is -0.524. The fourth-order valence-corrected chi connectivity index (χ4v) is 5.08. The topological polar surface area (TPSA) is 95.1 Å². The number of allylic oxidation sites excluding steroid dienone is 1. The molecule has 1 atom stereocenters. The maximum atomic E-state index is 12.4. The van der Waals surface area contributed by atoms with Gasteiger partial charge in [0, 0.05) is 27.1 Å². The average molecular weight is 518 g/mol. The van der Waals surface area contributed by atoms with E-state index in [-0.39, 0.29) is 6.61 Å². The highest BCUT2D eigenvalue weighted by molar-refractivity contribution is 7.99. The highest BCUT2D eigenvalue weighted by Gasteiger charge is 2.33. The van der Waals surface area contributed by atoms with Crippen LogP contribution in [0.2, 0.25) is 10.0 Å². The Kier molecular flexibility index (Phi) is 7.70. The molecular weight excluding hydrogens is 493 g/mol. The lowest BCUT2D eigenvalue weighted by Gasteiger charge is -2.27. The number of hydrogen-bond donors (Lipinski definition) is 2. The van der Waals surface area contributed by atoms with Crippen LogP contribution in [0.25, 0.3) is 0 Å². The number of nitrogens with two attached hydrogens (primary N) is 1. The van der Waals surface area contributed by atoms with Crippen LogP contribution in [0, 0.1) is 0 Å². The van der Waals surface area contributed by atoms with Gasteiger partial charge in [0.25, 0.3) is 0 Å². The Bertz CT molecular complexity index is 1240. The summed E-state index contributed by atoms with van der Waals surface area (Å²) in [7, 11) is 0. The van der Waals surface area contributed by atoms with Crippen LogP contribution in [-0.2, 0) is 11.4 Å². The highest BCUT2D eigenvalue weighted by Crippen LogP contribution is 2.37. The lowest BCUT2D eigenvalue weighted by molar-refractivity contribution is -0.115. The van der Waals surface area contributed by atoms with Crippen molar-refractivity contribution in [2.24, 2.45) is 5.73 Å². The third kappa shape index (κ3) is 5.35. The number of amides is 1. The second kappa shape index (κ2) is 10.7. The van der Waals surface area contributed by atoms with Crippen LogP contribution >= 0.6 is 35.0 Å². The smallest absolute Gasteiger partial charge is 0.248 e. The van der Waals surface area contributed by atoms with Gasteiger partial charge in [-0.05, 0) is 43.2 Å². The molecule has 178 valence electrons. The Morgan fingerprint density at radius 3 is 2.82 bits per heavy atom. The summed E-state index contributed by atoms with van der Waals surface area (Å²) in [5, 5.41) is 9.62. The molecule has 0 saturated carbocycles. The van der Waals surface area contributed by atoms with E-state index in [9.17, 15) is 4.79 Å². The lowest BCUT2D eigenvalue weighted by Crippen LogP contribution is -2.31. The fraction of sp³-hybridized carbons (Fsp3) is 0.292. The molecule has 0 radical (unpaired) electrons. The van der Waals surface area contributed by atoms with Crippen LogP contribution in [0.3, 0.4) is 0 Å². The number of fused-ring (bicyclic) bond motifs is 1. The molecule has 1 unspecified atom stereocenters. The van der Waals surface area contributed by atoms with E-state index >= 15 is 0 Å². The number of carbonyl (C=O) groups is 1. The summed E-state index contributed by atoms with van der Waals surface area (Å²) in [4.78, 5) is 17.1. The summed E-state index contributed by atoms with van der Waals surface area (Å²) in [6.45, 7) is 4.24. The number of nitrogens with one attached hydrogen (secondary N) is 1. The van der Waals surface area contributed by atoms with Gasteiger partial charge in [-0.1, -0.05) is 66.5 Å². The van der Waals surface area contributed by atoms with Gasteiger partial charge in [-0.15, -0.1) is 5.10 Å². The second-order valence-electron chi connectivity index (χ2n) is 7.89. The molecular formula is C24H25Cl2N5O2S. The van der Waals surface area contributed by atoms with E-state index in [2.05, 4.69) is 22.3 Å². The average Bonchev–Trinajstić information content (AvgIpc) is 3.20. The van der Waals surface area contributed by atoms with Gasteiger partial charge < -0.3 is 15.8 Å². The van der Waals surface area contributed by atoms with E-state index in [0.717, 1.165) is 29.7 Å². The van der Waals surface area contributed by atoms with Crippen molar-refractivity contribution in [1.82, 2.24) is 14.8 Å². The number of thioether (sulfide) groups is 1. The van der Waals surface area contributed by atoms with E-state index in [1.165, 1.54) is 0 Å². The van der Waals surface area contributed by atoms with Crippen LogP contribution in [0.4, 0.5) is 5.95 Å². The van der Waals surface area contributed by atoms with Crippen molar-refractivity contribution >= 4 is 46.8 Å². The molecule has 2 heterocycles. The molecule has 0 bridgehead atoms. The summed E-state index contributed by atoms with van der Waals surface area (Å²) < 4.78 is 7.72. The van der Waals surface area contributed by atoms with Crippen molar-refractivity contribution < 1.29 is 9.53 Å². The van der Waals surface area contributed by atoms with Crippen molar-refractivity contribution in [3.63, 3.8) is 0 Å². The largest absolute Gasteiger partial charge is 0.489 e. The van der Waals surface area contributed by atoms with Gasteiger partial charge in [0.05, 0.1) is 5.57 Å². The monoisotopic (exact) mass is 517 g/mol. The van der Waals surface area contributed by atoms with E-state index in [0.29, 0.717) is 38.2 Å². The first-order valence-electron chi connectivity index (χ1n) is 10.9. The van der Waals surface area contributed by atoms with Gasteiger partial charge in [-0.25, -0.2) is 4.68 Å². The molecule has 2 aromatic carbocycles. The molecule has 10 heteroatoms. The standard InChI is InChI=1S/C24H25Cl2N5O2S/c1-3-4-10-34-24-29-23-28-14(2)20(22(27)32)21(31(23)30-24)15-6-5-7-18(11-15)33-13-16-8-9-17(25)12-19(16)26/h5-9,11-12,21H,3-4,10,13H2,1-2H3,(H2,27,32)(H,28,29,30). The van der Waals surface area contributed by atoms with E-state index in [1.807, 2.05) is 37.3 Å². The number of nitrogens with zero attached hydrogens (tertiary/aromatic N) is 3. The number of carbonyl (C=O) groups excluding carboxylic acids is 1. The number of halogens is 2. The summed E-state index contributed by atoms with van der Waals surface area (Å²) in [6.07, 6.45) is 2.17. The van der Waals surface area contributed by atoms with Gasteiger partial charge in [-0.2, -0.15) is 4.98 Å². The van der Waals surface area contributed by atoms with Gasteiger partial charge >= 0.3 is 0 Å². The first-order valence-corrected chi connectivity index (χ1v) is 12.6. The van der Waals surface area contributed by atoms with Gasteiger partial charge in [0.15, 0.2) is 0 Å². The lowest BCUT2D eigenvalue weighted by atomic mass is 9.95. The number of unbranched alkanes of at least 4 members (excludes halogenated alkanes) is 1. The summed E-state index contributed by atoms with van der Waals surface area (Å²) in [5.41, 5.74) is 8.50. The maximum absolute atomic E-state index is 12.4. The van der Waals surface area contributed by atoms with Crippen molar-refractivity contribution in [1.29, 1.82) is 0 Å². The number of benzene rings is 2. The SMILES string of the molecule is CCCCSc1nc2n(n1)C(c1cccc(OCc3ccc(Cl)cc3Cl)c1)C(C(N)=O)=C(C)N2. The molecule has 1 aliphatic heterocycles. The van der Waals surface area contributed by atoms with Gasteiger partial charge in [-0.3, -0.25) is 4.79 Å². The summed E-state index contributed by atoms with van der Waals surface area (Å²) in [5.74, 6) is 1.61. The first kappa shape index (κ1) is 24.4. The number of primary amides is 1. The summed E-state index contributed by atoms with van der Waals surface area (Å²) >= 11 is 13.8. The molecule has 4 rings (SSSR count). The van der Waals surface area contributed by atoms with Crippen LogP contribution in [0.5, 0.6) is 5.75 Å². The third-order valence-corrected chi connectivity index (χ3v) is 6.92. The third-order valence-electron chi connectivity index (χ3n) is 5.41. The normalized spacial score (nSPS) is 15.1. The minimum absolute atomic E-state index is 0.274. The summed E-state index contributed by atoms with van der Waals surface area (Å²) in [6, 6.07) is 12.3. The number of rotatable bonds is 9. The predicted octanol–water partition coefficient (Wildman–Crippen LogP) is 5.83. The Morgan fingerprint density at radius 2 is 2.09 bits per heavy atom. The number of ether oxygens (including phenoxy) is 1. The van der Waals surface area contributed by atoms with E-state index < -0.39 is 11.9 Å². The molecule has 0 aliphatic carbocycles. The number of anilines is 1. The second-order valence-corrected chi connectivity index (χ2v) is 9.80. The van der Waals surface area contributed by atoms with Crippen molar-refractivity contribution in [2.45, 2.75) is 44.5 Å². The molecule has 1 aliphatic rings. The Balaban J connectivity index is 1.64. The number of hydrogen-bond acceptors (Lipinski definition) is 6. The van der Waals surface area contributed by atoms with Crippen LogP contribution < -0.4 is 15.8 Å². The fourth-order valence-electron chi connectivity index (χ4n) is 3.70. The van der Waals surface area contributed by atoms with Crippen LogP contribution in [0.15, 0.2) is 58.9 Å². The zero-order valence-electron chi connectivity index (χ0n) is 18.8. The zero-order chi connectivity index (χ0) is 24.2. The van der Waals surface area contributed by atoms with E-state index in [1.54, 1.807) is 28.6 Å².